The Bertz CT molecular complexity index is 390. The summed E-state index contributed by atoms with van der Waals surface area (Å²) in [5, 5.41) is 7.34. The molecule has 2 atom stereocenters. The molecule has 1 aliphatic rings. The van der Waals surface area contributed by atoms with Gasteiger partial charge in [0.2, 0.25) is 11.7 Å². The van der Waals surface area contributed by atoms with E-state index >= 15 is 0 Å². The van der Waals surface area contributed by atoms with Crippen LogP contribution in [0.2, 0.25) is 0 Å². The van der Waals surface area contributed by atoms with Gasteiger partial charge in [-0.25, -0.2) is 0 Å². The van der Waals surface area contributed by atoms with Gasteiger partial charge >= 0.3 is 0 Å². The Kier molecular flexibility index (Phi) is 5.94. The van der Waals surface area contributed by atoms with E-state index in [4.69, 9.17) is 9.26 Å². The van der Waals surface area contributed by atoms with E-state index in [1.165, 1.54) is 0 Å². The van der Waals surface area contributed by atoms with Crippen LogP contribution in [0.25, 0.3) is 0 Å². The third-order valence-electron chi connectivity index (χ3n) is 3.78. The Morgan fingerprint density at radius 3 is 3.00 bits per heavy atom. The van der Waals surface area contributed by atoms with Gasteiger partial charge < -0.3 is 14.6 Å². The van der Waals surface area contributed by atoms with Crippen LogP contribution in [0.1, 0.15) is 44.5 Å². The molecule has 0 aromatic carbocycles. The van der Waals surface area contributed by atoms with Gasteiger partial charge in [-0.2, -0.15) is 4.98 Å². The molecule has 20 heavy (non-hydrogen) atoms. The van der Waals surface area contributed by atoms with E-state index in [9.17, 15) is 0 Å². The molecule has 0 aliphatic carbocycles. The molecule has 0 amide bonds. The summed E-state index contributed by atoms with van der Waals surface area (Å²) in [6, 6.07) is 0.382. The zero-order valence-corrected chi connectivity index (χ0v) is 12.8. The largest absolute Gasteiger partial charge is 0.367 e. The highest BCUT2D eigenvalue weighted by Gasteiger charge is 2.26. The molecule has 0 radical (unpaired) electrons. The van der Waals surface area contributed by atoms with E-state index in [-0.39, 0.29) is 6.10 Å². The first-order chi connectivity index (χ1) is 9.76. The number of hydrogen-bond donors (Lipinski definition) is 1. The molecular weight excluding hydrogens is 256 g/mol. The maximum absolute atomic E-state index is 5.77. The summed E-state index contributed by atoms with van der Waals surface area (Å²) in [5.41, 5.74) is 0. The molecule has 0 spiro atoms. The first-order valence-electron chi connectivity index (χ1n) is 7.60. The van der Waals surface area contributed by atoms with Crippen LogP contribution in [0.3, 0.4) is 0 Å². The molecule has 1 aromatic rings. The van der Waals surface area contributed by atoms with Crippen molar-refractivity contribution in [2.75, 3.05) is 33.3 Å². The number of morpholine rings is 1. The Morgan fingerprint density at radius 1 is 1.45 bits per heavy atom. The number of aromatic nitrogens is 2. The zero-order chi connectivity index (χ0) is 14.4. The van der Waals surface area contributed by atoms with Crippen molar-refractivity contribution in [3.8, 4) is 0 Å². The topological polar surface area (TPSA) is 63.4 Å². The molecule has 1 aliphatic heterocycles. The molecule has 1 saturated heterocycles. The van der Waals surface area contributed by atoms with Crippen molar-refractivity contribution in [3.63, 3.8) is 0 Å². The van der Waals surface area contributed by atoms with Crippen LogP contribution in [-0.2, 0) is 11.2 Å². The maximum atomic E-state index is 5.77. The monoisotopic (exact) mass is 282 g/mol. The summed E-state index contributed by atoms with van der Waals surface area (Å²) >= 11 is 0. The van der Waals surface area contributed by atoms with Crippen LogP contribution in [0.4, 0.5) is 0 Å². The molecule has 2 rings (SSSR count). The van der Waals surface area contributed by atoms with Crippen LogP contribution in [-0.4, -0.2) is 54.4 Å². The fraction of sp³-hybridized carbons (Fsp3) is 0.857. The molecule has 2 heterocycles. The zero-order valence-electron chi connectivity index (χ0n) is 12.8. The molecule has 1 N–H and O–H groups in total. The Morgan fingerprint density at radius 2 is 2.30 bits per heavy atom. The second kappa shape index (κ2) is 7.71. The fourth-order valence-electron chi connectivity index (χ4n) is 2.52. The van der Waals surface area contributed by atoms with Gasteiger partial charge in [0.05, 0.1) is 6.61 Å². The van der Waals surface area contributed by atoms with E-state index in [1.54, 1.807) is 0 Å². The summed E-state index contributed by atoms with van der Waals surface area (Å²) in [6.07, 6.45) is 2.91. The van der Waals surface area contributed by atoms with E-state index in [1.807, 2.05) is 7.05 Å². The molecule has 6 heteroatoms. The summed E-state index contributed by atoms with van der Waals surface area (Å²) in [5.74, 6) is 1.38. The summed E-state index contributed by atoms with van der Waals surface area (Å²) < 4.78 is 11.1. The maximum Gasteiger partial charge on any atom is 0.228 e. The quantitative estimate of drug-likeness (QED) is 0.815. The summed E-state index contributed by atoms with van der Waals surface area (Å²) in [7, 11) is 1.96. The average Bonchev–Trinajstić information content (AvgIpc) is 2.94. The van der Waals surface area contributed by atoms with Gasteiger partial charge in [0.1, 0.15) is 6.10 Å². The minimum atomic E-state index is -0.0533. The predicted molar refractivity (Wildman–Crippen MR) is 76.6 cm³/mol. The van der Waals surface area contributed by atoms with Crippen molar-refractivity contribution in [2.24, 2.45) is 0 Å². The molecule has 0 bridgehead atoms. The number of hydrogen-bond acceptors (Lipinski definition) is 6. The lowest BCUT2D eigenvalue weighted by molar-refractivity contribution is -0.0350. The molecule has 1 aromatic heterocycles. The lowest BCUT2D eigenvalue weighted by atomic mass is 10.1. The van der Waals surface area contributed by atoms with Crippen molar-refractivity contribution in [2.45, 2.75) is 45.3 Å². The van der Waals surface area contributed by atoms with Crippen molar-refractivity contribution >= 4 is 0 Å². The molecule has 1 fully saturated rings. The van der Waals surface area contributed by atoms with Crippen LogP contribution in [0.5, 0.6) is 0 Å². The van der Waals surface area contributed by atoms with Crippen LogP contribution < -0.4 is 5.32 Å². The molecule has 0 saturated carbocycles. The van der Waals surface area contributed by atoms with Gasteiger partial charge in [0.15, 0.2) is 0 Å². The lowest BCUT2D eigenvalue weighted by Gasteiger charge is -2.30. The molecule has 114 valence electrons. The van der Waals surface area contributed by atoms with E-state index in [0.717, 1.165) is 45.5 Å². The minimum absolute atomic E-state index is 0.0533. The van der Waals surface area contributed by atoms with Crippen molar-refractivity contribution in [3.05, 3.63) is 11.7 Å². The van der Waals surface area contributed by atoms with E-state index in [0.29, 0.717) is 17.8 Å². The average molecular weight is 282 g/mol. The third-order valence-corrected chi connectivity index (χ3v) is 3.78. The predicted octanol–water partition coefficient (Wildman–Crippen LogP) is 1.39. The normalized spacial score (nSPS) is 22.1. The highest BCUT2D eigenvalue weighted by Crippen LogP contribution is 2.20. The molecular formula is C14H26N4O2. The third kappa shape index (κ3) is 4.01. The first-order valence-corrected chi connectivity index (χ1v) is 7.60. The van der Waals surface area contributed by atoms with Crippen LogP contribution >= 0.6 is 0 Å². The number of ether oxygens (including phenoxy) is 1. The van der Waals surface area contributed by atoms with Gasteiger partial charge in [0, 0.05) is 25.6 Å². The van der Waals surface area contributed by atoms with E-state index in [2.05, 4.69) is 34.2 Å². The van der Waals surface area contributed by atoms with Gasteiger partial charge in [-0.3, -0.25) is 4.90 Å². The van der Waals surface area contributed by atoms with Crippen molar-refractivity contribution in [1.29, 1.82) is 0 Å². The Hall–Kier alpha value is -0.980. The van der Waals surface area contributed by atoms with Gasteiger partial charge in [-0.1, -0.05) is 19.0 Å². The van der Waals surface area contributed by atoms with Gasteiger partial charge in [-0.05, 0) is 26.4 Å². The SMILES string of the molecule is CCCN1CCOC(c2noc(CC(CC)NC)n2)C1. The summed E-state index contributed by atoms with van der Waals surface area (Å²) in [4.78, 5) is 6.89. The van der Waals surface area contributed by atoms with Crippen LogP contribution in [0, 0.1) is 0 Å². The molecule has 2 unspecified atom stereocenters. The highest BCUT2D eigenvalue weighted by molar-refractivity contribution is 4.95. The van der Waals surface area contributed by atoms with Gasteiger partial charge in [0.25, 0.3) is 0 Å². The molecule has 6 nitrogen and oxygen atoms in total. The second-order valence-electron chi connectivity index (χ2n) is 5.30. The fourth-order valence-corrected chi connectivity index (χ4v) is 2.52. The Balaban J connectivity index is 1.94. The Labute approximate surface area is 120 Å². The number of nitrogens with zero attached hydrogens (tertiary/aromatic N) is 3. The lowest BCUT2D eigenvalue weighted by Crippen LogP contribution is -2.39. The standard InChI is InChI=1S/C14H26N4O2/c1-4-6-18-7-8-19-12(10-18)14-16-13(20-17-14)9-11(5-2)15-3/h11-12,15H,4-10H2,1-3H3. The summed E-state index contributed by atoms with van der Waals surface area (Å²) in [6.45, 7) is 8.03. The number of rotatable bonds is 7. The van der Waals surface area contributed by atoms with Crippen molar-refractivity contribution < 1.29 is 9.26 Å². The highest BCUT2D eigenvalue weighted by atomic mass is 16.5. The minimum Gasteiger partial charge on any atom is -0.367 e. The van der Waals surface area contributed by atoms with Gasteiger partial charge in [-0.15, -0.1) is 0 Å². The second-order valence-corrected chi connectivity index (χ2v) is 5.30. The van der Waals surface area contributed by atoms with E-state index < -0.39 is 0 Å². The van der Waals surface area contributed by atoms with Crippen molar-refractivity contribution in [1.82, 2.24) is 20.4 Å². The first kappa shape index (κ1) is 15.4. The number of likely N-dealkylation sites (N-methyl/N-ethyl adjacent to an activating group) is 1. The van der Waals surface area contributed by atoms with Crippen LogP contribution in [0.15, 0.2) is 4.52 Å². The number of nitrogens with one attached hydrogen (secondary N) is 1. The smallest absolute Gasteiger partial charge is 0.228 e.